The Balaban J connectivity index is 1.56. The van der Waals surface area contributed by atoms with Crippen LogP contribution in [0.15, 0.2) is 75.3 Å². The molecule has 0 radical (unpaired) electrons. The van der Waals surface area contributed by atoms with Gasteiger partial charge in [-0.15, -0.1) is 22.7 Å². The van der Waals surface area contributed by atoms with E-state index in [4.69, 9.17) is 19.4 Å². The zero-order valence-corrected chi connectivity index (χ0v) is 20.3. The number of aromatic nitrogens is 3. The molecule has 0 saturated carbocycles. The Morgan fingerprint density at radius 2 is 1.82 bits per heavy atom. The van der Waals surface area contributed by atoms with Gasteiger partial charge in [-0.05, 0) is 35.7 Å². The Morgan fingerprint density at radius 1 is 0.970 bits per heavy atom. The lowest BCUT2D eigenvalue weighted by Gasteiger charge is -2.15. The number of ether oxygens (including phenoxy) is 2. The molecule has 0 unspecified atom stereocenters. The number of nitrogens with zero attached hydrogens (tertiary/aromatic N) is 3. The maximum absolute atomic E-state index is 13.5. The van der Waals surface area contributed by atoms with E-state index in [-0.39, 0.29) is 5.56 Å². The molecule has 9 heteroatoms. The molecule has 0 spiro atoms. The second-order valence-electron chi connectivity index (χ2n) is 7.00. The van der Waals surface area contributed by atoms with Crippen molar-refractivity contribution in [3.05, 3.63) is 81.4 Å². The third-order valence-electron chi connectivity index (χ3n) is 5.00. The highest BCUT2D eigenvalue weighted by molar-refractivity contribution is 7.98. The Bertz CT molecular complexity index is 1480. The summed E-state index contributed by atoms with van der Waals surface area (Å²) in [6, 6.07) is 16.9. The second-order valence-corrected chi connectivity index (χ2v) is 9.75. The molecule has 2 aromatic carbocycles. The maximum atomic E-state index is 13.5. The number of hydrogen-bond donors (Lipinski definition) is 0. The fourth-order valence-electron chi connectivity index (χ4n) is 3.43. The lowest BCUT2D eigenvalue weighted by atomic mass is 10.2. The minimum absolute atomic E-state index is 0.132. The number of thiazole rings is 1. The molecular weight excluding hydrogens is 474 g/mol. The summed E-state index contributed by atoms with van der Waals surface area (Å²) in [6.07, 6.45) is 0. The molecule has 6 nitrogen and oxygen atoms in total. The van der Waals surface area contributed by atoms with Crippen LogP contribution in [0.3, 0.4) is 0 Å². The number of benzene rings is 2. The van der Waals surface area contributed by atoms with Crippen LogP contribution in [0, 0.1) is 0 Å². The van der Waals surface area contributed by atoms with E-state index in [0.717, 1.165) is 15.6 Å². The molecule has 0 saturated heterocycles. The Morgan fingerprint density at radius 3 is 2.61 bits per heavy atom. The number of para-hydroxylation sites is 1. The Kier molecular flexibility index (Phi) is 6.17. The molecule has 166 valence electrons. The fraction of sp³-hybridized carbons (Fsp3) is 0.125. The van der Waals surface area contributed by atoms with Crippen LogP contribution in [0.5, 0.6) is 11.5 Å². The monoisotopic (exact) mass is 493 g/mol. The van der Waals surface area contributed by atoms with E-state index in [1.54, 1.807) is 59.7 Å². The summed E-state index contributed by atoms with van der Waals surface area (Å²) in [7, 11) is 3.16. The number of thioether (sulfide) groups is 1. The molecule has 0 fully saturated rings. The first kappa shape index (κ1) is 21.7. The van der Waals surface area contributed by atoms with E-state index in [9.17, 15) is 4.79 Å². The van der Waals surface area contributed by atoms with E-state index >= 15 is 0 Å². The molecule has 0 amide bonds. The molecule has 0 aliphatic carbocycles. The first-order valence-electron chi connectivity index (χ1n) is 10.0. The SMILES string of the molecule is COc1ccc(-n2c(SCc3csc(-c4cccs4)n3)nc3ccccc3c2=O)cc1OC. The largest absolute Gasteiger partial charge is 0.493 e. The van der Waals surface area contributed by atoms with Crippen LogP contribution < -0.4 is 15.0 Å². The predicted molar refractivity (Wildman–Crippen MR) is 135 cm³/mol. The highest BCUT2D eigenvalue weighted by Gasteiger charge is 2.16. The molecule has 0 bridgehead atoms. The van der Waals surface area contributed by atoms with Crippen LogP contribution in [-0.2, 0) is 5.75 Å². The quantitative estimate of drug-likeness (QED) is 0.208. The van der Waals surface area contributed by atoms with Gasteiger partial charge in [-0.2, -0.15) is 0 Å². The normalized spacial score (nSPS) is 11.1. The van der Waals surface area contributed by atoms with Crippen LogP contribution >= 0.6 is 34.4 Å². The average Bonchev–Trinajstić information content (AvgIpc) is 3.55. The van der Waals surface area contributed by atoms with Crippen LogP contribution in [-0.4, -0.2) is 28.8 Å². The Labute approximate surface area is 202 Å². The van der Waals surface area contributed by atoms with E-state index in [1.165, 1.54) is 11.8 Å². The van der Waals surface area contributed by atoms with E-state index < -0.39 is 0 Å². The summed E-state index contributed by atoms with van der Waals surface area (Å²) in [5, 5.41) is 6.26. The lowest BCUT2D eigenvalue weighted by molar-refractivity contribution is 0.354. The molecule has 0 aliphatic heterocycles. The van der Waals surface area contributed by atoms with Crippen molar-refractivity contribution in [3.63, 3.8) is 0 Å². The van der Waals surface area contributed by atoms with Gasteiger partial charge in [-0.25, -0.2) is 9.97 Å². The highest BCUT2D eigenvalue weighted by atomic mass is 32.2. The summed E-state index contributed by atoms with van der Waals surface area (Å²) in [5.74, 6) is 1.74. The third-order valence-corrected chi connectivity index (χ3v) is 7.91. The van der Waals surface area contributed by atoms with Crippen molar-refractivity contribution in [1.82, 2.24) is 14.5 Å². The minimum Gasteiger partial charge on any atom is -0.493 e. The molecule has 3 heterocycles. The lowest BCUT2D eigenvalue weighted by Crippen LogP contribution is -2.21. The number of methoxy groups -OCH3 is 2. The summed E-state index contributed by atoms with van der Waals surface area (Å²) in [4.78, 5) is 24.2. The highest BCUT2D eigenvalue weighted by Crippen LogP contribution is 2.33. The summed E-state index contributed by atoms with van der Waals surface area (Å²) < 4.78 is 12.4. The fourth-order valence-corrected chi connectivity index (χ4v) is 6.07. The summed E-state index contributed by atoms with van der Waals surface area (Å²) in [5.41, 5.74) is 2.15. The number of hydrogen-bond acceptors (Lipinski definition) is 8. The van der Waals surface area contributed by atoms with Gasteiger partial charge in [0, 0.05) is 17.2 Å². The van der Waals surface area contributed by atoms with Crippen molar-refractivity contribution in [2.24, 2.45) is 0 Å². The molecule has 0 atom stereocenters. The van der Waals surface area contributed by atoms with Crippen molar-refractivity contribution < 1.29 is 9.47 Å². The van der Waals surface area contributed by atoms with Crippen molar-refractivity contribution in [2.45, 2.75) is 10.9 Å². The predicted octanol–water partition coefficient (Wildman–Crippen LogP) is 5.88. The summed E-state index contributed by atoms with van der Waals surface area (Å²) >= 11 is 4.78. The maximum Gasteiger partial charge on any atom is 0.266 e. The second kappa shape index (κ2) is 9.38. The molecule has 0 N–H and O–H groups in total. The van der Waals surface area contributed by atoms with E-state index in [1.807, 2.05) is 35.7 Å². The van der Waals surface area contributed by atoms with Crippen LogP contribution in [0.2, 0.25) is 0 Å². The zero-order valence-electron chi connectivity index (χ0n) is 17.8. The minimum atomic E-state index is -0.132. The van der Waals surface area contributed by atoms with Crippen LogP contribution in [0.1, 0.15) is 5.69 Å². The number of thiophene rings is 1. The zero-order chi connectivity index (χ0) is 22.8. The first-order chi connectivity index (χ1) is 16.2. The smallest absolute Gasteiger partial charge is 0.266 e. The van der Waals surface area contributed by atoms with Gasteiger partial charge in [0.25, 0.3) is 5.56 Å². The van der Waals surface area contributed by atoms with Gasteiger partial charge in [0.15, 0.2) is 16.7 Å². The van der Waals surface area contributed by atoms with Gasteiger partial charge in [0.1, 0.15) is 5.01 Å². The Hall–Kier alpha value is -3.14. The van der Waals surface area contributed by atoms with Crippen molar-refractivity contribution in [3.8, 4) is 27.1 Å². The molecule has 3 aromatic heterocycles. The van der Waals surface area contributed by atoms with Crippen molar-refractivity contribution in [1.29, 1.82) is 0 Å². The average molecular weight is 494 g/mol. The van der Waals surface area contributed by atoms with E-state index in [2.05, 4.69) is 11.4 Å². The van der Waals surface area contributed by atoms with Gasteiger partial charge in [0.2, 0.25) is 0 Å². The van der Waals surface area contributed by atoms with Crippen LogP contribution in [0.25, 0.3) is 26.5 Å². The number of fused-ring (bicyclic) bond motifs is 1. The molecule has 33 heavy (non-hydrogen) atoms. The van der Waals surface area contributed by atoms with Crippen molar-refractivity contribution in [2.75, 3.05) is 14.2 Å². The first-order valence-corrected chi connectivity index (χ1v) is 12.8. The third kappa shape index (κ3) is 4.27. The van der Waals surface area contributed by atoms with Crippen molar-refractivity contribution >= 4 is 45.3 Å². The summed E-state index contributed by atoms with van der Waals surface area (Å²) in [6.45, 7) is 0. The molecular formula is C24H19N3O3S3. The van der Waals surface area contributed by atoms with Gasteiger partial charge in [-0.1, -0.05) is 30.0 Å². The number of rotatable bonds is 7. The van der Waals surface area contributed by atoms with Gasteiger partial charge >= 0.3 is 0 Å². The van der Waals surface area contributed by atoms with Gasteiger partial charge < -0.3 is 9.47 Å². The molecule has 5 aromatic rings. The molecule has 5 rings (SSSR count). The van der Waals surface area contributed by atoms with Crippen LogP contribution in [0.4, 0.5) is 0 Å². The standard InChI is InChI=1S/C24H19N3O3S3/c1-29-19-10-9-16(12-20(19)30-2)27-23(28)17-6-3-4-7-18(17)26-24(27)33-14-15-13-32-22(25-15)21-8-5-11-31-21/h3-13H,14H2,1-2H3. The van der Waals surface area contributed by atoms with Gasteiger partial charge in [-0.3, -0.25) is 9.36 Å². The topological polar surface area (TPSA) is 66.2 Å². The van der Waals surface area contributed by atoms with E-state index in [0.29, 0.717) is 39.0 Å². The molecule has 0 aliphatic rings. The van der Waals surface area contributed by atoms with Gasteiger partial charge in [0.05, 0.1) is 41.4 Å².